The fourth-order valence-corrected chi connectivity index (χ4v) is 2.64. The smallest absolute Gasteiger partial charge is 0.356 e. The number of hydrogen-bond donors (Lipinski definition) is 2. The average Bonchev–Trinajstić information content (AvgIpc) is 2.67. The minimum absolute atomic E-state index is 0.171. The van der Waals surface area contributed by atoms with Crippen molar-refractivity contribution in [3.63, 3.8) is 0 Å². The molecule has 1 aromatic rings. The minimum Gasteiger partial charge on any atom is -0.476 e. The first-order valence-corrected chi connectivity index (χ1v) is 6.59. The van der Waals surface area contributed by atoms with Crippen LogP contribution in [-0.2, 0) is 13.0 Å². The van der Waals surface area contributed by atoms with E-state index in [2.05, 4.69) is 18.8 Å². The number of nitrogens with two attached hydrogens (primary N) is 1. The summed E-state index contributed by atoms with van der Waals surface area (Å²) in [6.07, 6.45) is 3.73. The van der Waals surface area contributed by atoms with Gasteiger partial charge in [0.1, 0.15) is 5.82 Å². The lowest BCUT2D eigenvalue weighted by Crippen LogP contribution is -2.21. The van der Waals surface area contributed by atoms with E-state index in [-0.39, 0.29) is 11.7 Å². The lowest BCUT2D eigenvalue weighted by molar-refractivity contribution is 0.0689. The van der Waals surface area contributed by atoms with E-state index in [1.807, 2.05) is 4.57 Å². The van der Waals surface area contributed by atoms with Crippen molar-refractivity contribution in [3.05, 3.63) is 17.2 Å². The Balaban J connectivity index is 2.38. The maximum atomic E-state index is 11.2. The number of imidazole rings is 1. The molecule has 2 rings (SSSR count). The number of hydrogen-bond acceptors (Lipinski definition) is 3. The number of aromatic nitrogens is 2. The van der Waals surface area contributed by atoms with E-state index in [0.717, 1.165) is 43.7 Å². The molecule has 1 unspecified atom stereocenters. The predicted molar refractivity (Wildman–Crippen MR) is 68.5 cm³/mol. The summed E-state index contributed by atoms with van der Waals surface area (Å²) < 4.78 is 2.03. The van der Waals surface area contributed by atoms with Gasteiger partial charge >= 0.3 is 5.97 Å². The average molecular weight is 251 g/mol. The fourth-order valence-electron chi connectivity index (χ4n) is 2.64. The molecule has 2 heterocycles. The molecule has 0 spiro atoms. The van der Waals surface area contributed by atoms with Crippen molar-refractivity contribution in [2.75, 3.05) is 0 Å². The van der Waals surface area contributed by atoms with Gasteiger partial charge in [0.05, 0.1) is 11.7 Å². The van der Waals surface area contributed by atoms with E-state index in [1.54, 1.807) is 0 Å². The van der Waals surface area contributed by atoms with Crippen LogP contribution >= 0.6 is 0 Å². The van der Waals surface area contributed by atoms with Crippen molar-refractivity contribution >= 4 is 5.97 Å². The quantitative estimate of drug-likeness (QED) is 0.857. The molecule has 0 saturated heterocycles. The molecule has 3 N–H and O–H groups in total. The normalized spacial score (nSPS) is 16.7. The monoisotopic (exact) mass is 251 g/mol. The second-order valence-electron chi connectivity index (χ2n) is 5.42. The highest BCUT2D eigenvalue weighted by Gasteiger charge is 2.26. The molecule has 0 aromatic carbocycles. The van der Waals surface area contributed by atoms with Crippen molar-refractivity contribution in [2.45, 2.75) is 52.1 Å². The van der Waals surface area contributed by atoms with E-state index in [9.17, 15) is 9.90 Å². The number of carboxylic acid groups (broad SMARTS) is 1. The summed E-state index contributed by atoms with van der Waals surface area (Å²) in [5.74, 6) is 0.282. The van der Waals surface area contributed by atoms with Crippen LogP contribution in [0.3, 0.4) is 0 Å². The van der Waals surface area contributed by atoms with Crippen LogP contribution in [0.5, 0.6) is 0 Å². The lowest BCUT2D eigenvalue weighted by atomic mass is 10.0. The third-order valence-corrected chi connectivity index (χ3v) is 3.41. The third-order valence-electron chi connectivity index (χ3n) is 3.41. The van der Waals surface area contributed by atoms with Crippen LogP contribution < -0.4 is 5.73 Å². The summed E-state index contributed by atoms with van der Waals surface area (Å²) in [5, 5.41) is 9.20. The fraction of sp³-hybridized carbons (Fsp3) is 0.692. The summed E-state index contributed by atoms with van der Waals surface area (Å²) in [5.41, 5.74) is 7.21. The second-order valence-corrected chi connectivity index (χ2v) is 5.42. The minimum atomic E-state index is -0.941. The Labute approximate surface area is 107 Å². The molecule has 18 heavy (non-hydrogen) atoms. The van der Waals surface area contributed by atoms with E-state index in [1.165, 1.54) is 0 Å². The molecule has 0 fully saturated rings. The van der Waals surface area contributed by atoms with Gasteiger partial charge in [0.15, 0.2) is 5.69 Å². The number of aromatic carboxylic acids is 1. The Bertz CT molecular complexity index is 451. The van der Waals surface area contributed by atoms with Gasteiger partial charge < -0.3 is 15.4 Å². The van der Waals surface area contributed by atoms with Crippen molar-refractivity contribution in [1.29, 1.82) is 0 Å². The van der Waals surface area contributed by atoms with Crippen LogP contribution in [0, 0.1) is 5.92 Å². The molecule has 0 amide bonds. The zero-order valence-electron chi connectivity index (χ0n) is 11.0. The molecule has 0 saturated carbocycles. The van der Waals surface area contributed by atoms with Gasteiger partial charge in [-0.2, -0.15) is 0 Å². The van der Waals surface area contributed by atoms with Crippen LogP contribution in [0.1, 0.15) is 61.2 Å². The molecule has 1 aliphatic rings. The first-order chi connectivity index (χ1) is 8.50. The van der Waals surface area contributed by atoms with Gasteiger partial charge in [0, 0.05) is 6.54 Å². The summed E-state index contributed by atoms with van der Waals surface area (Å²) in [6.45, 7) is 5.06. The molecule has 1 aliphatic heterocycles. The largest absolute Gasteiger partial charge is 0.476 e. The highest BCUT2D eigenvalue weighted by atomic mass is 16.4. The van der Waals surface area contributed by atoms with Gasteiger partial charge in [-0.05, 0) is 31.6 Å². The predicted octanol–water partition coefficient (Wildman–Crippen LogP) is 1.96. The van der Waals surface area contributed by atoms with Crippen molar-refractivity contribution in [3.8, 4) is 0 Å². The van der Waals surface area contributed by atoms with E-state index in [4.69, 9.17) is 5.73 Å². The van der Waals surface area contributed by atoms with Crippen LogP contribution in [0.25, 0.3) is 0 Å². The van der Waals surface area contributed by atoms with Crippen molar-refractivity contribution < 1.29 is 9.90 Å². The van der Waals surface area contributed by atoms with Crippen LogP contribution in [-0.4, -0.2) is 20.6 Å². The van der Waals surface area contributed by atoms with Crippen LogP contribution in [0.2, 0.25) is 0 Å². The molecule has 5 heteroatoms. The van der Waals surface area contributed by atoms with Crippen molar-refractivity contribution in [1.82, 2.24) is 9.55 Å². The summed E-state index contributed by atoms with van der Waals surface area (Å²) in [6, 6.07) is -0.171. The Morgan fingerprint density at radius 1 is 1.50 bits per heavy atom. The number of carboxylic acids is 1. The van der Waals surface area contributed by atoms with Gasteiger partial charge in [0.25, 0.3) is 0 Å². The first-order valence-electron chi connectivity index (χ1n) is 6.59. The van der Waals surface area contributed by atoms with Gasteiger partial charge in [0.2, 0.25) is 0 Å². The molecule has 100 valence electrons. The maximum absolute atomic E-state index is 11.2. The Morgan fingerprint density at radius 2 is 2.22 bits per heavy atom. The number of carbonyl (C=O) groups is 1. The molecule has 0 radical (unpaired) electrons. The SMILES string of the molecule is CC(C)CC(N)c1nc(C(=O)O)c2n1CCCC2. The molecule has 1 aromatic heterocycles. The van der Waals surface area contributed by atoms with Gasteiger partial charge in [-0.25, -0.2) is 9.78 Å². The van der Waals surface area contributed by atoms with E-state index >= 15 is 0 Å². The molecule has 1 atom stereocenters. The van der Waals surface area contributed by atoms with Gasteiger partial charge in [-0.1, -0.05) is 13.8 Å². The topological polar surface area (TPSA) is 81.1 Å². The third kappa shape index (κ3) is 2.41. The number of rotatable bonds is 4. The second kappa shape index (κ2) is 5.10. The molecule has 5 nitrogen and oxygen atoms in total. The first kappa shape index (κ1) is 13.1. The molecule has 0 aliphatic carbocycles. The van der Waals surface area contributed by atoms with Crippen LogP contribution in [0.4, 0.5) is 0 Å². The van der Waals surface area contributed by atoms with E-state index in [0.29, 0.717) is 5.92 Å². The molecule has 0 bridgehead atoms. The Kier molecular flexibility index (Phi) is 3.71. The highest BCUT2D eigenvalue weighted by Crippen LogP contribution is 2.26. The zero-order valence-corrected chi connectivity index (χ0v) is 11.0. The zero-order chi connectivity index (χ0) is 13.3. The van der Waals surface area contributed by atoms with Crippen molar-refractivity contribution in [2.24, 2.45) is 11.7 Å². The van der Waals surface area contributed by atoms with Gasteiger partial charge in [-0.3, -0.25) is 0 Å². The summed E-state index contributed by atoms with van der Waals surface area (Å²) in [4.78, 5) is 15.5. The Hall–Kier alpha value is -1.36. The number of fused-ring (bicyclic) bond motifs is 1. The van der Waals surface area contributed by atoms with Crippen LogP contribution in [0.15, 0.2) is 0 Å². The molecular formula is C13H21N3O2. The van der Waals surface area contributed by atoms with Gasteiger partial charge in [-0.15, -0.1) is 0 Å². The van der Waals surface area contributed by atoms with E-state index < -0.39 is 5.97 Å². The number of nitrogens with zero attached hydrogens (tertiary/aromatic N) is 2. The maximum Gasteiger partial charge on any atom is 0.356 e. The molecular weight excluding hydrogens is 230 g/mol. The summed E-state index contributed by atoms with van der Waals surface area (Å²) in [7, 11) is 0. The highest BCUT2D eigenvalue weighted by molar-refractivity contribution is 5.87. The Morgan fingerprint density at radius 3 is 2.83 bits per heavy atom. The standard InChI is InChI=1S/C13H21N3O2/c1-8(2)7-9(14)12-15-11(13(17)18)10-5-3-4-6-16(10)12/h8-9H,3-7,14H2,1-2H3,(H,17,18). The summed E-state index contributed by atoms with van der Waals surface area (Å²) >= 11 is 0. The lowest BCUT2D eigenvalue weighted by Gasteiger charge is -2.20.